The molecule has 1 saturated heterocycles. The largest absolute Gasteiger partial charge is 0.492 e. The van der Waals surface area contributed by atoms with Gasteiger partial charge in [-0.15, -0.1) is 24.0 Å². The quantitative estimate of drug-likeness (QED) is 0.274. The fourth-order valence-electron chi connectivity index (χ4n) is 3.29. The van der Waals surface area contributed by atoms with E-state index in [0.29, 0.717) is 19.1 Å². The van der Waals surface area contributed by atoms with Crippen LogP contribution in [0.15, 0.2) is 29.3 Å². The predicted molar refractivity (Wildman–Crippen MR) is 135 cm³/mol. The minimum Gasteiger partial charge on any atom is -0.492 e. The molecule has 8 heteroatoms. The second-order valence-electron chi connectivity index (χ2n) is 8.25. The lowest BCUT2D eigenvalue weighted by molar-refractivity contribution is -0.0284. The maximum atomic E-state index is 5.91. The van der Waals surface area contributed by atoms with Gasteiger partial charge in [0.2, 0.25) is 0 Å². The van der Waals surface area contributed by atoms with Crippen molar-refractivity contribution in [3.63, 3.8) is 0 Å². The van der Waals surface area contributed by atoms with Crippen LogP contribution in [-0.4, -0.2) is 88.9 Å². The van der Waals surface area contributed by atoms with Gasteiger partial charge in [-0.05, 0) is 37.7 Å². The Morgan fingerprint density at radius 2 is 2.13 bits per heavy atom. The van der Waals surface area contributed by atoms with Gasteiger partial charge >= 0.3 is 0 Å². The number of hydrogen-bond donors (Lipinski definition) is 2. The molecule has 2 rings (SSSR count). The Hall–Kier alpha value is -1.10. The van der Waals surface area contributed by atoms with E-state index in [0.717, 1.165) is 56.6 Å². The summed E-state index contributed by atoms with van der Waals surface area (Å²) in [5, 5.41) is 6.77. The molecule has 30 heavy (non-hydrogen) atoms. The van der Waals surface area contributed by atoms with Gasteiger partial charge in [0.05, 0.1) is 12.7 Å². The highest BCUT2D eigenvalue weighted by Crippen LogP contribution is 2.13. The fourth-order valence-corrected chi connectivity index (χ4v) is 3.29. The molecule has 0 radical (unpaired) electrons. The van der Waals surface area contributed by atoms with Crippen LogP contribution in [-0.2, 0) is 11.3 Å². The normalized spacial score (nSPS) is 17.7. The number of benzene rings is 1. The second-order valence-corrected chi connectivity index (χ2v) is 8.25. The van der Waals surface area contributed by atoms with Crippen molar-refractivity contribution in [1.82, 2.24) is 20.4 Å². The molecule has 1 unspecified atom stereocenters. The first-order chi connectivity index (χ1) is 14.0. The van der Waals surface area contributed by atoms with E-state index in [4.69, 9.17) is 9.47 Å². The third kappa shape index (κ3) is 10.8. The molecular formula is C22H40IN5O2. The number of ether oxygens (including phenoxy) is 2. The number of rotatable bonds is 10. The van der Waals surface area contributed by atoms with Gasteiger partial charge in [0.1, 0.15) is 12.4 Å². The summed E-state index contributed by atoms with van der Waals surface area (Å²) in [5.74, 6) is 2.36. The molecule has 172 valence electrons. The Kier molecular flexibility index (Phi) is 13.3. The first-order valence-electron chi connectivity index (χ1n) is 10.6. The lowest BCUT2D eigenvalue weighted by Gasteiger charge is -2.34. The average Bonchev–Trinajstić information content (AvgIpc) is 2.68. The molecule has 1 fully saturated rings. The fraction of sp³-hybridized carbons (Fsp3) is 0.682. The number of morpholine rings is 1. The van der Waals surface area contributed by atoms with Crippen molar-refractivity contribution in [2.24, 2.45) is 10.9 Å². The van der Waals surface area contributed by atoms with Crippen LogP contribution in [0.2, 0.25) is 0 Å². The third-order valence-electron chi connectivity index (χ3n) is 4.73. The smallest absolute Gasteiger partial charge is 0.191 e. The SMILES string of the molecule is CN=C(NCc1cccc(OCCN(C)C)c1)NCC1CN(CC(C)C)CCO1.I. The standard InChI is InChI=1S/C22H39N5O2.HI/c1-18(2)16-27-10-12-29-21(17-27)15-25-22(23-3)24-14-19-7-6-8-20(13-19)28-11-9-26(4)5;/h6-8,13,18,21H,9-12,14-17H2,1-5H3,(H2,23,24,25);1H. The van der Waals surface area contributed by atoms with Crippen molar-refractivity contribution < 1.29 is 9.47 Å². The molecule has 0 saturated carbocycles. The lowest BCUT2D eigenvalue weighted by Crippen LogP contribution is -2.50. The van der Waals surface area contributed by atoms with Crippen LogP contribution in [0.3, 0.4) is 0 Å². The molecule has 1 aromatic rings. The minimum atomic E-state index is 0. The minimum absolute atomic E-state index is 0. The maximum Gasteiger partial charge on any atom is 0.191 e. The van der Waals surface area contributed by atoms with Crippen LogP contribution in [0, 0.1) is 5.92 Å². The molecule has 2 N–H and O–H groups in total. The van der Waals surface area contributed by atoms with E-state index in [-0.39, 0.29) is 30.1 Å². The molecule has 0 aliphatic carbocycles. The molecule has 0 spiro atoms. The van der Waals surface area contributed by atoms with E-state index in [1.54, 1.807) is 7.05 Å². The number of nitrogens with zero attached hydrogens (tertiary/aromatic N) is 3. The van der Waals surface area contributed by atoms with Crippen LogP contribution in [0.25, 0.3) is 0 Å². The number of guanidine groups is 1. The monoisotopic (exact) mass is 533 g/mol. The summed E-state index contributed by atoms with van der Waals surface area (Å²) >= 11 is 0. The van der Waals surface area contributed by atoms with Gasteiger partial charge in [-0.1, -0.05) is 26.0 Å². The topological polar surface area (TPSA) is 61.4 Å². The Morgan fingerprint density at radius 3 is 2.83 bits per heavy atom. The first kappa shape index (κ1) is 26.9. The van der Waals surface area contributed by atoms with Gasteiger partial charge in [-0.25, -0.2) is 0 Å². The van der Waals surface area contributed by atoms with Crippen molar-refractivity contribution in [2.75, 3.05) is 67.1 Å². The van der Waals surface area contributed by atoms with E-state index in [9.17, 15) is 0 Å². The number of halogens is 1. The van der Waals surface area contributed by atoms with Gasteiger partial charge in [-0.2, -0.15) is 0 Å². The van der Waals surface area contributed by atoms with Crippen LogP contribution in [0.5, 0.6) is 5.75 Å². The summed E-state index contributed by atoms with van der Waals surface area (Å²) in [7, 11) is 5.88. The van der Waals surface area contributed by atoms with Gasteiger partial charge in [0.15, 0.2) is 5.96 Å². The third-order valence-corrected chi connectivity index (χ3v) is 4.73. The van der Waals surface area contributed by atoms with E-state index >= 15 is 0 Å². The van der Waals surface area contributed by atoms with Crippen LogP contribution >= 0.6 is 24.0 Å². The van der Waals surface area contributed by atoms with E-state index in [2.05, 4.69) is 51.4 Å². The molecule has 1 aliphatic rings. The van der Waals surface area contributed by atoms with Gasteiger partial charge in [0.25, 0.3) is 0 Å². The highest BCUT2D eigenvalue weighted by Gasteiger charge is 2.21. The van der Waals surface area contributed by atoms with Crippen molar-refractivity contribution >= 4 is 29.9 Å². The predicted octanol–water partition coefficient (Wildman–Crippen LogP) is 2.27. The average molecular weight is 533 g/mol. The highest BCUT2D eigenvalue weighted by atomic mass is 127. The zero-order valence-electron chi connectivity index (χ0n) is 19.2. The highest BCUT2D eigenvalue weighted by molar-refractivity contribution is 14.0. The van der Waals surface area contributed by atoms with Crippen molar-refractivity contribution in [1.29, 1.82) is 0 Å². The summed E-state index contributed by atoms with van der Waals surface area (Å²) in [6.45, 7) is 11.5. The number of hydrogen-bond acceptors (Lipinski definition) is 5. The molecule has 1 heterocycles. The Balaban J connectivity index is 0.00000450. The molecule has 1 aliphatic heterocycles. The summed E-state index contributed by atoms with van der Waals surface area (Å²) in [4.78, 5) is 8.93. The first-order valence-corrected chi connectivity index (χ1v) is 10.6. The lowest BCUT2D eigenvalue weighted by atomic mass is 10.2. The Morgan fingerprint density at radius 1 is 1.33 bits per heavy atom. The zero-order chi connectivity index (χ0) is 21.1. The summed E-state index contributed by atoms with van der Waals surface area (Å²) in [6, 6.07) is 8.18. The Labute approximate surface area is 199 Å². The number of likely N-dealkylation sites (N-methyl/N-ethyl adjacent to an activating group) is 1. The molecule has 0 aromatic heterocycles. The zero-order valence-corrected chi connectivity index (χ0v) is 21.5. The number of nitrogens with one attached hydrogen (secondary N) is 2. The van der Waals surface area contributed by atoms with Crippen molar-refractivity contribution in [3.8, 4) is 5.75 Å². The molecule has 1 aromatic carbocycles. The molecular weight excluding hydrogens is 493 g/mol. The summed E-state index contributed by atoms with van der Waals surface area (Å²) in [5.41, 5.74) is 1.16. The van der Waals surface area contributed by atoms with E-state index < -0.39 is 0 Å². The molecule has 7 nitrogen and oxygen atoms in total. The Bertz CT molecular complexity index is 627. The van der Waals surface area contributed by atoms with Gasteiger partial charge in [0, 0.05) is 46.3 Å². The van der Waals surface area contributed by atoms with Crippen molar-refractivity contribution in [3.05, 3.63) is 29.8 Å². The van der Waals surface area contributed by atoms with Gasteiger partial charge < -0.3 is 25.0 Å². The van der Waals surface area contributed by atoms with Crippen LogP contribution in [0.4, 0.5) is 0 Å². The molecule has 0 amide bonds. The second kappa shape index (κ2) is 14.8. The summed E-state index contributed by atoms with van der Waals surface area (Å²) < 4.78 is 11.7. The van der Waals surface area contributed by atoms with Crippen molar-refractivity contribution in [2.45, 2.75) is 26.5 Å². The maximum absolute atomic E-state index is 5.91. The van der Waals surface area contributed by atoms with E-state index in [1.165, 1.54) is 0 Å². The summed E-state index contributed by atoms with van der Waals surface area (Å²) in [6.07, 6.45) is 0.189. The molecule has 0 bridgehead atoms. The number of aliphatic imine (C=N–C) groups is 1. The van der Waals surface area contributed by atoms with Crippen LogP contribution in [0.1, 0.15) is 19.4 Å². The molecule has 1 atom stereocenters. The van der Waals surface area contributed by atoms with Crippen LogP contribution < -0.4 is 15.4 Å². The van der Waals surface area contributed by atoms with E-state index in [1.807, 2.05) is 26.2 Å². The van der Waals surface area contributed by atoms with Gasteiger partial charge in [-0.3, -0.25) is 9.89 Å².